The summed E-state index contributed by atoms with van der Waals surface area (Å²) in [5, 5.41) is 0. The van der Waals surface area contributed by atoms with Crippen LogP contribution in [0.3, 0.4) is 0 Å². The molecule has 0 saturated heterocycles. The molecule has 4 nitrogen and oxygen atoms in total. The molecule has 18 heavy (non-hydrogen) atoms. The van der Waals surface area contributed by atoms with E-state index >= 15 is 0 Å². The van der Waals surface area contributed by atoms with E-state index in [0.29, 0.717) is 12.5 Å². The fraction of sp³-hybridized carbons (Fsp3) is 0.583. The summed E-state index contributed by atoms with van der Waals surface area (Å²) in [6.07, 6.45) is 2.51. The van der Waals surface area contributed by atoms with Crippen molar-refractivity contribution in [3.8, 4) is 5.88 Å². The van der Waals surface area contributed by atoms with Crippen LogP contribution in [-0.2, 0) is 11.4 Å². The first-order valence-corrected chi connectivity index (χ1v) is 7.78. The molecule has 0 aliphatic carbocycles. The van der Waals surface area contributed by atoms with Gasteiger partial charge >= 0.3 is 0 Å². The van der Waals surface area contributed by atoms with E-state index in [4.69, 9.17) is 4.74 Å². The summed E-state index contributed by atoms with van der Waals surface area (Å²) in [6, 6.07) is 2.00. The van der Waals surface area contributed by atoms with Gasteiger partial charge in [0.1, 0.15) is 4.75 Å². The third kappa shape index (κ3) is 3.17. The quantitative estimate of drug-likeness (QED) is 0.846. The lowest BCUT2D eigenvalue weighted by Gasteiger charge is -2.30. The predicted octanol–water partition coefficient (Wildman–Crippen LogP) is 2.72. The maximum Gasteiger partial charge on any atom is 0.218 e. The van der Waals surface area contributed by atoms with Crippen molar-refractivity contribution < 1.29 is 9.29 Å². The van der Waals surface area contributed by atoms with E-state index in [0.717, 1.165) is 16.5 Å². The third-order valence-corrected chi connectivity index (χ3v) is 4.72. The van der Waals surface area contributed by atoms with Crippen molar-refractivity contribution in [1.82, 2.24) is 9.71 Å². The third-order valence-electron chi connectivity index (χ3n) is 2.67. The first-order chi connectivity index (χ1) is 8.38. The standard InChI is InChI=1S/C12H17BrN2O2S/c1-12(2,3)18(16)15-10-4-5-17-11-9(10)6-8(13)7-14-11/h6-7,10,15H,4-5H2,1-3H3. The van der Waals surface area contributed by atoms with Crippen molar-refractivity contribution >= 4 is 27.3 Å². The summed E-state index contributed by atoms with van der Waals surface area (Å²) in [5.74, 6) is 0.632. The van der Waals surface area contributed by atoms with Gasteiger partial charge in [0.05, 0.1) is 12.6 Å². The number of halogens is 1. The van der Waals surface area contributed by atoms with E-state index in [1.807, 2.05) is 26.8 Å². The van der Waals surface area contributed by atoms with Gasteiger partial charge in [-0.2, -0.15) is 0 Å². The van der Waals surface area contributed by atoms with Gasteiger partial charge in [-0.25, -0.2) is 4.98 Å². The Labute approximate surface area is 119 Å². The summed E-state index contributed by atoms with van der Waals surface area (Å²) in [4.78, 5) is 4.23. The molecule has 2 unspecified atom stereocenters. The van der Waals surface area contributed by atoms with Gasteiger partial charge in [0.2, 0.25) is 5.88 Å². The fourth-order valence-corrected chi connectivity index (χ4v) is 2.88. The minimum Gasteiger partial charge on any atom is -0.598 e. The van der Waals surface area contributed by atoms with Gasteiger partial charge < -0.3 is 9.29 Å². The maximum atomic E-state index is 12.2. The number of pyridine rings is 1. The van der Waals surface area contributed by atoms with Crippen LogP contribution in [0.4, 0.5) is 0 Å². The summed E-state index contributed by atoms with van der Waals surface area (Å²) >= 11 is 2.30. The van der Waals surface area contributed by atoms with E-state index < -0.39 is 11.4 Å². The topological polar surface area (TPSA) is 57.2 Å². The van der Waals surface area contributed by atoms with Crippen LogP contribution in [-0.4, -0.2) is 20.9 Å². The Bertz CT molecular complexity index is 437. The average Bonchev–Trinajstić information content (AvgIpc) is 2.28. The Morgan fingerprint density at radius 3 is 2.94 bits per heavy atom. The highest BCUT2D eigenvalue weighted by molar-refractivity contribution is 9.10. The molecule has 0 fully saturated rings. The second kappa shape index (κ2) is 5.36. The van der Waals surface area contributed by atoms with Crippen molar-refractivity contribution in [2.24, 2.45) is 0 Å². The van der Waals surface area contributed by atoms with Crippen LogP contribution in [0.25, 0.3) is 0 Å². The zero-order chi connectivity index (χ0) is 13.3. The number of aromatic nitrogens is 1. The van der Waals surface area contributed by atoms with Gasteiger partial charge in [-0.1, -0.05) is 0 Å². The molecule has 1 aromatic rings. The molecule has 1 aliphatic rings. The predicted molar refractivity (Wildman–Crippen MR) is 75.8 cm³/mol. The van der Waals surface area contributed by atoms with Crippen LogP contribution in [0.15, 0.2) is 16.7 Å². The van der Waals surface area contributed by atoms with Crippen molar-refractivity contribution in [2.75, 3.05) is 6.61 Å². The lowest BCUT2D eigenvalue weighted by molar-refractivity contribution is 0.251. The lowest BCUT2D eigenvalue weighted by atomic mass is 10.1. The maximum absolute atomic E-state index is 12.2. The summed E-state index contributed by atoms with van der Waals surface area (Å²) in [6.45, 7) is 6.46. The van der Waals surface area contributed by atoms with E-state index in [1.165, 1.54) is 0 Å². The fourth-order valence-electron chi connectivity index (χ4n) is 1.67. The van der Waals surface area contributed by atoms with Gasteiger partial charge in [-0.15, -0.1) is 4.72 Å². The van der Waals surface area contributed by atoms with Crippen molar-refractivity contribution in [3.63, 3.8) is 0 Å². The molecule has 2 rings (SSSR count). The van der Waals surface area contributed by atoms with E-state index in [-0.39, 0.29) is 10.8 Å². The highest BCUT2D eigenvalue weighted by Crippen LogP contribution is 2.33. The minimum absolute atomic E-state index is 0.0267. The number of hydrogen-bond acceptors (Lipinski definition) is 4. The zero-order valence-corrected chi connectivity index (χ0v) is 13.1. The van der Waals surface area contributed by atoms with Crippen molar-refractivity contribution in [1.29, 1.82) is 0 Å². The Kier molecular flexibility index (Phi) is 4.21. The molecule has 1 aliphatic heterocycles. The van der Waals surface area contributed by atoms with E-state index in [9.17, 15) is 4.55 Å². The van der Waals surface area contributed by atoms with Crippen LogP contribution >= 0.6 is 15.9 Å². The molecule has 0 radical (unpaired) electrons. The van der Waals surface area contributed by atoms with Crippen LogP contribution in [0.5, 0.6) is 5.88 Å². The van der Waals surface area contributed by atoms with Crippen LogP contribution in [0, 0.1) is 0 Å². The summed E-state index contributed by atoms with van der Waals surface area (Å²) in [7, 11) is 0. The molecule has 0 amide bonds. The molecular formula is C12H17BrN2O2S. The molecule has 0 bridgehead atoms. The SMILES string of the molecule is CC(C)(C)[S+]([O-])NC1CCOc2ncc(Br)cc21. The number of ether oxygens (including phenoxy) is 1. The van der Waals surface area contributed by atoms with E-state index in [2.05, 4.69) is 25.6 Å². The highest BCUT2D eigenvalue weighted by Gasteiger charge is 2.32. The van der Waals surface area contributed by atoms with Crippen molar-refractivity contribution in [3.05, 3.63) is 22.3 Å². The molecule has 0 spiro atoms. The Morgan fingerprint density at radius 1 is 1.56 bits per heavy atom. The normalized spacial score (nSPS) is 21.1. The molecule has 1 N–H and O–H groups in total. The van der Waals surface area contributed by atoms with E-state index in [1.54, 1.807) is 6.20 Å². The Morgan fingerprint density at radius 2 is 2.28 bits per heavy atom. The molecule has 2 heterocycles. The average molecular weight is 333 g/mol. The number of rotatable bonds is 2. The van der Waals surface area contributed by atoms with Crippen LogP contribution < -0.4 is 9.46 Å². The molecule has 2 atom stereocenters. The number of nitrogens with zero attached hydrogens (tertiary/aromatic N) is 1. The summed E-state index contributed by atoms with van der Waals surface area (Å²) < 4.78 is 21.5. The van der Waals surface area contributed by atoms with Crippen LogP contribution in [0.2, 0.25) is 0 Å². The van der Waals surface area contributed by atoms with Gasteiger partial charge in [0.25, 0.3) is 0 Å². The van der Waals surface area contributed by atoms with Crippen molar-refractivity contribution in [2.45, 2.75) is 38.0 Å². The lowest BCUT2D eigenvalue weighted by Crippen LogP contribution is -2.42. The minimum atomic E-state index is -1.10. The summed E-state index contributed by atoms with van der Waals surface area (Å²) in [5.41, 5.74) is 0.966. The second-order valence-corrected chi connectivity index (χ2v) is 8.15. The molecular weight excluding hydrogens is 316 g/mol. The first-order valence-electron chi connectivity index (χ1n) is 5.84. The largest absolute Gasteiger partial charge is 0.598 e. The number of nitrogens with one attached hydrogen (secondary N) is 1. The van der Waals surface area contributed by atoms with Gasteiger partial charge in [-0.05, 0) is 42.8 Å². The van der Waals surface area contributed by atoms with Crippen LogP contribution in [0.1, 0.15) is 38.8 Å². The second-order valence-electron chi connectivity index (χ2n) is 5.24. The first kappa shape index (κ1) is 14.1. The molecule has 100 valence electrons. The number of hydrogen-bond donors (Lipinski definition) is 1. The molecule has 0 saturated carbocycles. The van der Waals surface area contributed by atoms with Gasteiger partial charge in [0, 0.05) is 34.0 Å². The van der Waals surface area contributed by atoms with Gasteiger partial charge in [-0.3, -0.25) is 0 Å². The zero-order valence-electron chi connectivity index (χ0n) is 10.7. The smallest absolute Gasteiger partial charge is 0.218 e. The Hall–Kier alpha value is -0.300. The molecule has 0 aromatic carbocycles. The Balaban J connectivity index is 2.20. The molecule has 1 aromatic heterocycles. The molecule has 6 heteroatoms. The monoisotopic (exact) mass is 332 g/mol. The highest BCUT2D eigenvalue weighted by atomic mass is 79.9. The number of fused-ring (bicyclic) bond motifs is 1. The van der Waals surface area contributed by atoms with Gasteiger partial charge in [0.15, 0.2) is 0 Å².